The minimum Gasteiger partial charge on any atom is -0.352 e. The lowest BCUT2D eigenvalue weighted by molar-refractivity contribution is -0.130. The van der Waals surface area contributed by atoms with Crippen LogP contribution < -0.4 is 10.6 Å². The SMILES string of the molecule is O=C(NCc1ccncc1)C1CCC(C(=O)NCc2ccccc2Cl)CC1. The van der Waals surface area contributed by atoms with Crippen molar-refractivity contribution in [2.45, 2.75) is 38.8 Å². The number of carbonyl (C=O) groups is 2. The van der Waals surface area contributed by atoms with Crippen LogP contribution in [0, 0.1) is 11.8 Å². The van der Waals surface area contributed by atoms with Gasteiger partial charge in [-0.25, -0.2) is 0 Å². The third kappa shape index (κ3) is 5.54. The summed E-state index contributed by atoms with van der Waals surface area (Å²) >= 11 is 6.12. The van der Waals surface area contributed by atoms with Crippen LogP contribution in [-0.4, -0.2) is 16.8 Å². The van der Waals surface area contributed by atoms with Gasteiger partial charge in [0.15, 0.2) is 0 Å². The van der Waals surface area contributed by atoms with E-state index in [2.05, 4.69) is 15.6 Å². The molecule has 0 spiro atoms. The van der Waals surface area contributed by atoms with E-state index in [1.165, 1.54) is 0 Å². The second kappa shape index (κ2) is 9.51. The third-order valence-electron chi connectivity index (χ3n) is 5.10. The Morgan fingerprint density at radius 2 is 1.44 bits per heavy atom. The van der Waals surface area contributed by atoms with Gasteiger partial charge in [-0.1, -0.05) is 29.8 Å². The summed E-state index contributed by atoms with van der Waals surface area (Å²) in [6, 6.07) is 11.3. The second-order valence-electron chi connectivity index (χ2n) is 6.93. The Bertz CT molecular complexity index is 774. The average molecular weight is 386 g/mol. The number of nitrogens with one attached hydrogen (secondary N) is 2. The molecule has 2 amide bonds. The third-order valence-corrected chi connectivity index (χ3v) is 5.46. The lowest BCUT2D eigenvalue weighted by Gasteiger charge is -2.27. The number of amides is 2. The monoisotopic (exact) mass is 385 g/mol. The number of rotatable bonds is 6. The number of pyridine rings is 1. The van der Waals surface area contributed by atoms with Crippen molar-refractivity contribution in [3.63, 3.8) is 0 Å². The summed E-state index contributed by atoms with van der Waals surface area (Å²) < 4.78 is 0. The van der Waals surface area contributed by atoms with E-state index in [-0.39, 0.29) is 23.7 Å². The number of halogens is 1. The number of aromatic nitrogens is 1. The van der Waals surface area contributed by atoms with E-state index >= 15 is 0 Å². The summed E-state index contributed by atoms with van der Waals surface area (Å²) in [5, 5.41) is 6.61. The summed E-state index contributed by atoms with van der Waals surface area (Å²) in [6.07, 6.45) is 6.39. The Labute approximate surface area is 164 Å². The molecule has 1 aromatic carbocycles. The summed E-state index contributed by atoms with van der Waals surface area (Å²) in [5.41, 5.74) is 1.95. The number of benzene rings is 1. The molecule has 6 heteroatoms. The van der Waals surface area contributed by atoms with E-state index < -0.39 is 0 Å². The fourth-order valence-electron chi connectivity index (χ4n) is 3.42. The van der Waals surface area contributed by atoms with E-state index in [0.717, 1.165) is 36.8 Å². The molecule has 142 valence electrons. The maximum Gasteiger partial charge on any atom is 0.223 e. The number of hydrogen-bond donors (Lipinski definition) is 2. The molecule has 1 aromatic heterocycles. The fourth-order valence-corrected chi connectivity index (χ4v) is 3.62. The second-order valence-corrected chi connectivity index (χ2v) is 7.34. The van der Waals surface area contributed by atoms with E-state index in [4.69, 9.17) is 11.6 Å². The van der Waals surface area contributed by atoms with E-state index in [9.17, 15) is 9.59 Å². The molecule has 5 nitrogen and oxygen atoms in total. The lowest BCUT2D eigenvalue weighted by Crippen LogP contribution is -2.37. The summed E-state index contributed by atoms with van der Waals surface area (Å²) in [6.45, 7) is 0.949. The van der Waals surface area contributed by atoms with Crippen LogP contribution in [0.25, 0.3) is 0 Å². The highest BCUT2D eigenvalue weighted by atomic mass is 35.5. The molecule has 2 N–H and O–H groups in total. The molecule has 27 heavy (non-hydrogen) atoms. The Hall–Kier alpha value is -2.40. The van der Waals surface area contributed by atoms with Crippen LogP contribution in [-0.2, 0) is 22.7 Å². The van der Waals surface area contributed by atoms with Gasteiger partial charge in [-0.3, -0.25) is 14.6 Å². The van der Waals surface area contributed by atoms with Crippen molar-refractivity contribution in [3.05, 3.63) is 64.9 Å². The normalized spacial score (nSPS) is 19.3. The van der Waals surface area contributed by atoms with Gasteiger partial charge in [0.25, 0.3) is 0 Å². The van der Waals surface area contributed by atoms with Gasteiger partial charge in [0.1, 0.15) is 0 Å². The molecule has 0 saturated heterocycles. The van der Waals surface area contributed by atoms with E-state index in [1.54, 1.807) is 12.4 Å². The highest BCUT2D eigenvalue weighted by Crippen LogP contribution is 2.29. The van der Waals surface area contributed by atoms with Crippen molar-refractivity contribution in [2.24, 2.45) is 11.8 Å². The van der Waals surface area contributed by atoms with Gasteiger partial charge in [-0.2, -0.15) is 0 Å². The lowest BCUT2D eigenvalue weighted by atomic mass is 9.81. The molecule has 0 radical (unpaired) electrons. The summed E-state index contributed by atoms with van der Waals surface area (Å²) in [4.78, 5) is 28.7. The van der Waals surface area contributed by atoms with Gasteiger partial charge in [0.2, 0.25) is 11.8 Å². The average Bonchev–Trinajstić information content (AvgIpc) is 2.72. The maximum absolute atomic E-state index is 12.4. The first kappa shape index (κ1) is 19.4. The zero-order chi connectivity index (χ0) is 19.1. The molecule has 0 aliphatic heterocycles. The highest BCUT2D eigenvalue weighted by molar-refractivity contribution is 6.31. The predicted molar refractivity (Wildman–Crippen MR) is 105 cm³/mol. The Morgan fingerprint density at radius 3 is 2.04 bits per heavy atom. The van der Waals surface area contributed by atoms with E-state index in [1.807, 2.05) is 36.4 Å². The minimum absolute atomic E-state index is 0.0144. The zero-order valence-corrected chi connectivity index (χ0v) is 15.9. The van der Waals surface area contributed by atoms with Crippen LogP contribution in [0.4, 0.5) is 0 Å². The van der Waals surface area contributed by atoms with Crippen molar-refractivity contribution < 1.29 is 9.59 Å². The molecule has 0 atom stereocenters. The quantitative estimate of drug-likeness (QED) is 0.799. The van der Waals surface area contributed by atoms with Crippen molar-refractivity contribution in [1.82, 2.24) is 15.6 Å². The van der Waals surface area contributed by atoms with Gasteiger partial charge < -0.3 is 10.6 Å². The van der Waals surface area contributed by atoms with Crippen molar-refractivity contribution >= 4 is 23.4 Å². The van der Waals surface area contributed by atoms with Crippen LogP contribution in [0.3, 0.4) is 0 Å². The minimum atomic E-state index is -0.0308. The molecule has 1 aliphatic carbocycles. The topological polar surface area (TPSA) is 71.1 Å². The van der Waals surface area contributed by atoms with Gasteiger partial charge in [-0.05, 0) is 55.0 Å². The standard InChI is InChI=1S/C21H24ClN3O2/c22-19-4-2-1-3-18(19)14-25-21(27)17-7-5-16(6-8-17)20(26)24-13-15-9-11-23-12-10-15/h1-4,9-12,16-17H,5-8,13-14H2,(H,24,26)(H,25,27). The number of hydrogen-bond acceptors (Lipinski definition) is 3. The summed E-state index contributed by atoms with van der Waals surface area (Å²) in [5.74, 6) is 0.0727. The smallest absolute Gasteiger partial charge is 0.223 e. The van der Waals surface area contributed by atoms with Gasteiger partial charge in [0.05, 0.1) is 0 Å². The molecule has 0 bridgehead atoms. The van der Waals surface area contributed by atoms with Crippen LogP contribution in [0.15, 0.2) is 48.8 Å². The number of carbonyl (C=O) groups excluding carboxylic acids is 2. The van der Waals surface area contributed by atoms with Crippen LogP contribution >= 0.6 is 11.6 Å². The molecule has 3 rings (SSSR count). The molecule has 1 aliphatic rings. The van der Waals surface area contributed by atoms with Gasteiger partial charge in [-0.15, -0.1) is 0 Å². The maximum atomic E-state index is 12.4. The van der Waals surface area contributed by atoms with Crippen LogP contribution in [0.1, 0.15) is 36.8 Å². The predicted octanol–water partition coefficient (Wildman–Crippen LogP) is 3.47. The number of nitrogens with zero attached hydrogens (tertiary/aromatic N) is 1. The fraction of sp³-hybridized carbons (Fsp3) is 0.381. The Kier molecular flexibility index (Phi) is 6.82. The van der Waals surface area contributed by atoms with E-state index in [0.29, 0.717) is 18.1 Å². The highest BCUT2D eigenvalue weighted by Gasteiger charge is 2.29. The molecular formula is C21H24ClN3O2. The molecule has 1 saturated carbocycles. The van der Waals surface area contributed by atoms with Crippen molar-refractivity contribution in [2.75, 3.05) is 0 Å². The van der Waals surface area contributed by atoms with Gasteiger partial charge >= 0.3 is 0 Å². The van der Waals surface area contributed by atoms with Gasteiger partial charge in [0, 0.05) is 42.3 Å². The Balaban J connectivity index is 1.40. The van der Waals surface area contributed by atoms with Crippen molar-refractivity contribution in [1.29, 1.82) is 0 Å². The van der Waals surface area contributed by atoms with Crippen LogP contribution in [0.5, 0.6) is 0 Å². The molecule has 0 unspecified atom stereocenters. The zero-order valence-electron chi connectivity index (χ0n) is 15.2. The molecule has 1 fully saturated rings. The largest absolute Gasteiger partial charge is 0.352 e. The van der Waals surface area contributed by atoms with Crippen molar-refractivity contribution in [3.8, 4) is 0 Å². The summed E-state index contributed by atoms with van der Waals surface area (Å²) in [7, 11) is 0. The first-order valence-corrected chi connectivity index (χ1v) is 9.69. The Morgan fingerprint density at radius 1 is 0.889 bits per heavy atom. The molecule has 2 aromatic rings. The molecular weight excluding hydrogens is 362 g/mol. The molecule has 1 heterocycles. The first-order valence-electron chi connectivity index (χ1n) is 9.31. The van der Waals surface area contributed by atoms with Crippen LogP contribution in [0.2, 0.25) is 5.02 Å². The first-order chi connectivity index (χ1) is 13.1.